The highest BCUT2D eigenvalue weighted by atomic mass is 35.5. The molecule has 2 aromatic rings. The van der Waals surface area contributed by atoms with Gasteiger partial charge in [0.1, 0.15) is 23.3 Å². The molecule has 2 heterocycles. The van der Waals surface area contributed by atoms with E-state index in [0.717, 1.165) is 23.4 Å². The molecule has 1 aromatic carbocycles. The van der Waals surface area contributed by atoms with Gasteiger partial charge in [0.15, 0.2) is 0 Å². The fraction of sp³-hybridized carbons (Fsp3) is 0.231. The van der Waals surface area contributed by atoms with Crippen molar-refractivity contribution in [3.8, 4) is 5.75 Å². The van der Waals surface area contributed by atoms with Gasteiger partial charge >= 0.3 is 0 Å². The zero-order valence-corrected chi connectivity index (χ0v) is 10.0. The van der Waals surface area contributed by atoms with E-state index in [-0.39, 0.29) is 6.10 Å². The Morgan fingerprint density at radius 2 is 2.29 bits per heavy atom. The summed E-state index contributed by atoms with van der Waals surface area (Å²) in [5.74, 6) is 0.948. The molecular weight excluding hydrogens is 236 g/mol. The smallest absolute Gasteiger partial charge is 0.145 e. The third kappa shape index (κ3) is 1.87. The van der Waals surface area contributed by atoms with Crippen molar-refractivity contribution in [3.05, 3.63) is 52.6 Å². The first-order valence-electron chi connectivity index (χ1n) is 5.37. The first-order valence-corrected chi connectivity index (χ1v) is 5.75. The Hall–Kier alpha value is -1.61. The highest BCUT2D eigenvalue weighted by Gasteiger charge is 2.26. The van der Waals surface area contributed by atoms with E-state index < -0.39 is 0 Å². The van der Waals surface area contributed by atoms with Crippen LogP contribution in [-0.4, -0.2) is 9.97 Å². The summed E-state index contributed by atoms with van der Waals surface area (Å²) in [6, 6.07) is 8.74. The minimum Gasteiger partial charge on any atom is -0.483 e. The van der Waals surface area contributed by atoms with E-state index in [9.17, 15) is 0 Å². The van der Waals surface area contributed by atoms with Gasteiger partial charge in [-0.3, -0.25) is 0 Å². The Morgan fingerprint density at radius 3 is 3.06 bits per heavy atom. The van der Waals surface area contributed by atoms with Gasteiger partial charge in [0.05, 0.1) is 5.69 Å². The molecule has 0 saturated heterocycles. The number of aryl methyl sites for hydroxylation is 1. The largest absolute Gasteiger partial charge is 0.483 e. The van der Waals surface area contributed by atoms with E-state index in [0.29, 0.717) is 5.15 Å². The Morgan fingerprint density at radius 1 is 1.41 bits per heavy atom. The molecule has 1 aliphatic rings. The van der Waals surface area contributed by atoms with Crippen LogP contribution in [0.3, 0.4) is 0 Å². The number of fused-ring (bicyclic) bond motifs is 1. The molecule has 1 unspecified atom stereocenters. The van der Waals surface area contributed by atoms with Gasteiger partial charge in [-0.25, -0.2) is 9.97 Å². The summed E-state index contributed by atoms with van der Waals surface area (Å²) in [6.07, 6.45) is 2.20. The van der Waals surface area contributed by atoms with Crippen molar-refractivity contribution in [2.45, 2.75) is 19.4 Å². The van der Waals surface area contributed by atoms with Crippen LogP contribution in [0.4, 0.5) is 0 Å². The SMILES string of the molecule is Cc1c[c]cc2c1OC(c1cc(Cl)ncn1)C2. The van der Waals surface area contributed by atoms with Crippen molar-refractivity contribution in [1.82, 2.24) is 9.97 Å². The third-order valence-electron chi connectivity index (χ3n) is 2.86. The number of nitrogens with zero attached hydrogens (tertiary/aromatic N) is 2. The summed E-state index contributed by atoms with van der Waals surface area (Å²) in [4.78, 5) is 8.07. The Bertz CT molecular complexity index is 571. The zero-order chi connectivity index (χ0) is 11.8. The Kier molecular flexibility index (Phi) is 2.48. The molecule has 0 amide bonds. The van der Waals surface area contributed by atoms with Crippen molar-refractivity contribution in [1.29, 1.82) is 0 Å². The van der Waals surface area contributed by atoms with Gasteiger partial charge in [-0.2, -0.15) is 0 Å². The number of benzene rings is 1. The highest BCUT2D eigenvalue weighted by Crippen LogP contribution is 2.38. The van der Waals surface area contributed by atoms with Gasteiger partial charge in [0.2, 0.25) is 0 Å². The molecule has 1 radical (unpaired) electrons. The predicted molar refractivity (Wildman–Crippen MR) is 64.1 cm³/mol. The molecule has 3 nitrogen and oxygen atoms in total. The molecule has 17 heavy (non-hydrogen) atoms. The number of hydrogen-bond acceptors (Lipinski definition) is 3. The van der Waals surface area contributed by atoms with E-state index in [1.54, 1.807) is 6.07 Å². The van der Waals surface area contributed by atoms with Gasteiger partial charge in [-0.1, -0.05) is 11.6 Å². The van der Waals surface area contributed by atoms with E-state index in [1.165, 1.54) is 11.9 Å². The summed E-state index contributed by atoms with van der Waals surface area (Å²) >= 11 is 5.85. The maximum atomic E-state index is 5.91. The van der Waals surface area contributed by atoms with E-state index >= 15 is 0 Å². The molecular formula is C13H10ClN2O. The van der Waals surface area contributed by atoms with Crippen LogP contribution in [0.5, 0.6) is 5.75 Å². The average molecular weight is 246 g/mol. The lowest BCUT2D eigenvalue weighted by molar-refractivity contribution is 0.232. The monoisotopic (exact) mass is 245 g/mol. The second kappa shape index (κ2) is 4.00. The lowest BCUT2D eigenvalue weighted by atomic mass is 10.1. The zero-order valence-electron chi connectivity index (χ0n) is 9.27. The lowest BCUT2D eigenvalue weighted by Gasteiger charge is -2.10. The van der Waals surface area contributed by atoms with Crippen LogP contribution >= 0.6 is 11.6 Å². The molecule has 0 aliphatic carbocycles. The van der Waals surface area contributed by atoms with Crippen molar-refractivity contribution >= 4 is 11.6 Å². The molecule has 85 valence electrons. The van der Waals surface area contributed by atoms with E-state index in [2.05, 4.69) is 16.0 Å². The van der Waals surface area contributed by atoms with Crippen molar-refractivity contribution in [3.63, 3.8) is 0 Å². The third-order valence-corrected chi connectivity index (χ3v) is 3.06. The molecule has 0 N–H and O–H groups in total. The first kappa shape index (κ1) is 10.5. The molecule has 3 rings (SSSR count). The van der Waals surface area contributed by atoms with E-state index in [1.807, 2.05) is 19.1 Å². The second-order valence-corrected chi connectivity index (χ2v) is 4.46. The predicted octanol–water partition coefficient (Wildman–Crippen LogP) is 2.91. The molecule has 1 aromatic heterocycles. The van der Waals surface area contributed by atoms with Crippen LogP contribution in [0.25, 0.3) is 0 Å². The summed E-state index contributed by atoms with van der Waals surface area (Å²) in [5.41, 5.74) is 3.09. The molecule has 1 atom stereocenters. The molecule has 4 heteroatoms. The van der Waals surface area contributed by atoms with Crippen molar-refractivity contribution < 1.29 is 4.74 Å². The summed E-state index contributed by atoms with van der Waals surface area (Å²) in [6.45, 7) is 2.02. The first-order chi connectivity index (χ1) is 8.24. The van der Waals surface area contributed by atoms with Crippen molar-refractivity contribution in [2.24, 2.45) is 0 Å². The maximum Gasteiger partial charge on any atom is 0.145 e. The van der Waals surface area contributed by atoms with Crippen molar-refractivity contribution in [2.75, 3.05) is 0 Å². The van der Waals surface area contributed by atoms with Crippen LogP contribution in [0, 0.1) is 13.0 Å². The second-order valence-electron chi connectivity index (χ2n) is 4.07. The molecule has 0 spiro atoms. The topological polar surface area (TPSA) is 35.0 Å². The summed E-state index contributed by atoms with van der Waals surface area (Å²) < 4.78 is 5.91. The number of ether oxygens (including phenoxy) is 1. The molecule has 0 saturated carbocycles. The Balaban J connectivity index is 1.94. The van der Waals surface area contributed by atoms with Crippen LogP contribution < -0.4 is 4.74 Å². The minimum atomic E-state index is -0.0694. The van der Waals surface area contributed by atoms with Crippen LogP contribution in [0.2, 0.25) is 5.15 Å². The average Bonchev–Trinajstić information content (AvgIpc) is 2.74. The normalized spacial score (nSPS) is 17.6. The van der Waals surface area contributed by atoms with Crippen LogP contribution in [-0.2, 0) is 6.42 Å². The maximum absolute atomic E-state index is 5.91. The summed E-state index contributed by atoms with van der Waals surface area (Å²) in [5, 5.41) is 0.442. The van der Waals surface area contributed by atoms with Gasteiger partial charge in [0, 0.05) is 12.5 Å². The number of hydrogen-bond donors (Lipinski definition) is 0. The molecule has 1 aliphatic heterocycles. The van der Waals surface area contributed by atoms with Gasteiger partial charge in [-0.15, -0.1) is 0 Å². The quantitative estimate of drug-likeness (QED) is 0.725. The Labute approximate surface area is 104 Å². The minimum absolute atomic E-state index is 0.0694. The summed E-state index contributed by atoms with van der Waals surface area (Å²) in [7, 11) is 0. The number of aromatic nitrogens is 2. The number of rotatable bonds is 1. The highest BCUT2D eigenvalue weighted by molar-refractivity contribution is 6.29. The fourth-order valence-electron chi connectivity index (χ4n) is 2.04. The fourth-order valence-corrected chi connectivity index (χ4v) is 2.20. The van der Waals surface area contributed by atoms with Gasteiger partial charge in [-0.05, 0) is 36.2 Å². The van der Waals surface area contributed by atoms with Crippen LogP contribution in [0.1, 0.15) is 22.9 Å². The molecule has 0 bridgehead atoms. The number of halogens is 1. The lowest BCUT2D eigenvalue weighted by Crippen LogP contribution is -2.06. The standard InChI is InChI=1S/C13H10ClN2O/c1-8-3-2-4-9-5-11(17-13(8)9)10-6-12(14)16-7-15-10/h3-4,6-7,11H,5H2,1H3. The molecule has 0 fully saturated rings. The van der Waals surface area contributed by atoms with Crippen LogP contribution in [0.15, 0.2) is 24.5 Å². The van der Waals surface area contributed by atoms with Gasteiger partial charge < -0.3 is 4.74 Å². The van der Waals surface area contributed by atoms with E-state index in [4.69, 9.17) is 16.3 Å². The van der Waals surface area contributed by atoms with Gasteiger partial charge in [0.25, 0.3) is 0 Å².